The first-order chi connectivity index (χ1) is 13.0. The van der Waals surface area contributed by atoms with Crippen molar-refractivity contribution in [2.45, 2.75) is 6.42 Å². The van der Waals surface area contributed by atoms with Crippen LogP contribution >= 0.6 is 49.9 Å². The minimum absolute atomic E-state index is 0.145. The molecule has 2 N–H and O–H groups in total. The topological polar surface area (TPSA) is 84.0 Å². The Morgan fingerprint density at radius 3 is 2.52 bits per heavy atom. The average Bonchev–Trinajstić information content (AvgIpc) is 3.09. The highest BCUT2D eigenvalue weighted by atomic mass is 127. The van der Waals surface area contributed by atoms with Gasteiger partial charge in [0.15, 0.2) is 0 Å². The number of aromatic nitrogens is 2. The number of nitrogens with one attached hydrogen (secondary N) is 2. The maximum Gasteiger partial charge on any atom is 0.257 e. The molecule has 138 valence electrons. The normalized spacial score (nSPS) is 10.4. The van der Waals surface area contributed by atoms with Gasteiger partial charge in [-0.05, 0) is 59.0 Å². The summed E-state index contributed by atoms with van der Waals surface area (Å²) in [5.41, 5.74) is 1.16. The molecule has 0 aliphatic heterocycles. The molecule has 0 saturated heterocycles. The lowest BCUT2D eigenvalue weighted by atomic mass is 10.2. The number of carbonyl (C=O) groups excluding carboxylic acids is 2. The summed E-state index contributed by atoms with van der Waals surface area (Å²) in [6.07, 6.45) is 0.538. The lowest BCUT2D eigenvalue weighted by molar-refractivity contribution is 0.0953. The number of anilines is 1. The van der Waals surface area contributed by atoms with Gasteiger partial charge in [-0.2, -0.15) is 0 Å². The smallest absolute Gasteiger partial charge is 0.257 e. The Balaban J connectivity index is 1.51. The van der Waals surface area contributed by atoms with E-state index in [4.69, 9.17) is 0 Å². The van der Waals surface area contributed by atoms with Crippen molar-refractivity contribution < 1.29 is 9.59 Å². The van der Waals surface area contributed by atoms with Gasteiger partial charge in [0.05, 0.1) is 0 Å². The Morgan fingerprint density at radius 2 is 1.78 bits per heavy atom. The zero-order valence-corrected chi connectivity index (χ0v) is 18.5. The van der Waals surface area contributed by atoms with Crippen molar-refractivity contribution in [2.75, 3.05) is 11.9 Å². The molecule has 0 aliphatic rings. The number of amides is 2. The standard InChI is InChI=1S/C18H14BrIN4O2S/c19-13-5-1-3-11(9-13)16(25)21-8-7-15-23-24-18(27-15)22-17(26)12-4-2-6-14(20)10-12/h1-6,9-10H,7-8H2,(H,21,25)(H,22,24,26). The second-order valence-corrected chi connectivity index (χ2v) is 8.71. The monoisotopic (exact) mass is 556 g/mol. The maximum absolute atomic E-state index is 12.2. The predicted molar refractivity (Wildman–Crippen MR) is 117 cm³/mol. The molecule has 0 atom stereocenters. The number of nitrogens with zero attached hydrogens (tertiary/aromatic N) is 2. The molecule has 0 saturated carbocycles. The molecule has 1 aromatic heterocycles. The highest BCUT2D eigenvalue weighted by Crippen LogP contribution is 2.17. The van der Waals surface area contributed by atoms with Gasteiger partial charge in [-0.25, -0.2) is 0 Å². The molecule has 6 nitrogen and oxygen atoms in total. The van der Waals surface area contributed by atoms with Crippen LogP contribution in [-0.2, 0) is 6.42 Å². The molecule has 0 bridgehead atoms. The summed E-state index contributed by atoms with van der Waals surface area (Å²) in [5, 5.41) is 14.8. The zero-order chi connectivity index (χ0) is 19.2. The van der Waals surface area contributed by atoms with Gasteiger partial charge in [0.25, 0.3) is 11.8 Å². The highest BCUT2D eigenvalue weighted by Gasteiger charge is 2.11. The number of halogens is 2. The Morgan fingerprint density at radius 1 is 1.04 bits per heavy atom. The molecule has 0 fully saturated rings. The molecule has 9 heteroatoms. The second kappa shape index (κ2) is 9.38. The van der Waals surface area contributed by atoms with Crippen LogP contribution in [0.2, 0.25) is 0 Å². The number of benzene rings is 2. The van der Waals surface area contributed by atoms with E-state index in [-0.39, 0.29) is 11.8 Å². The SMILES string of the molecule is O=C(NCCc1nnc(NC(=O)c2cccc(I)c2)s1)c1cccc(Br)c1. The summed E-state index contributed by atoms with van der Waals surface area (Å²) in [6, 6.07) is 14.5. The van der Waals surface area contributed by atoms with Crippen molar-refractivity contribution in [3.05, 3.63) is 72.7 Å². The molecule has 2 aromatic carbocycles. The minimum Gasteiger partial charge on any atom is -0.352 e. The van der Waals surface area contributed by atoms with Gasteiger partial charge in [-0.3, -0.25) is 14.9 Å². The summed E-state index contributed by atoms with van der Waals surface area (Å²) >= 11 is 6.80. The van der Waals surface area contributed by atoms with Crippen LogP contribution in [0.5, 0.6) is 0 Å². The van der Waals surface area contributed by atoms with Crippen LogP contribution in [0.3, 0.4) is 0 Å². The van der Waals surface area contributed by atoms with Gasteiger partial charge in [-0.15, -0.1) is 10.2 Å². The van der Waals surface area contributed by atoms with Gasteiger partial charge in [0.2, 0.25) is 5.13 Å². The molecule has 27 heavy (non-hydrogen) atoms. The highest BCUT2D eigenvalue weighted by molar-refractivity contribution is 14.1. The number of hydrogen-bond donors (Lipinski definition) is 2. The predicted octanol–water partition coefficient (Wildman–Crippen LogP) is 4.13. The molecule has 0 unspecified atom stereocenters. The quantitative estimate of drug-likeness (QED) is 0.447. The summed E-state index contributed by atoms with van der Waals surface area (Å²) < 4.78 is 1.84. The second-order valence-electron chi connectivity index (χ2n) is 5.48. The summed E-state index contributed by atoms with van der Waals surface area (Å²) in [4.78, 5) is 24.3. The molecular formula is C18H14BrIN4O2S. The lowest BCUT2D eigenvalue weighted by Gasteiger charge is -2.04. The Labute approximate surface area is 182 Å². The fraction of sp³-hybridized carbons (Fsp3) is 0.111. The number of rotatable bonds is 6. The van der Waals surface area contributed by atoms with Crippen LogP contribution in [0, 0.1) is 3.57 Å². The van der Waals surface area contributed by atoms with E-state index in [1.165, 1.54) is 11.3 Å². The van der Waals surface area contributed by atoms with Gasteiger partial charge in [-0.1, -0.05) is 39.4 Å². The van der Waals surface area contributed by atoms with Crippen LogP contribution in [0.25, 0.3) is 0 Å². The Hall–Kier alpha value is -1.85. The molecule has 0 radical (unpaired) electrons. The molecule has 0 aliphatic carbocycles. The molecule has 3 aromatic rings. The summed E-state index contributed by atoms with van der Waals surface area (Å²) in [7, 11) is 0. The first kappa shape index (κ1) is 19.9. The third-order valence-electron chi connectivity index (χ3n) is 3.49. The fourth-order valence-electron chi connectivity index (χ4n) is 2.22. The molecule has 2 amide bonds. The first-order valence-corrected chi connectivity index (χ1v) is 10.6. The Bertz CT molecular complexity index is 979. The summed E-state index contributed by atoms with van der Waals surface area (Å²) in [5.74, 6) is -0.368. The van der Waals surface area contributed by atoms with E-state index in [0.717, 1.165) is 13.1 Å². The van der Waals surface area contributed by atoms with E-state index < -0.39 is 0 Å². The zero-order valence-electron chi connectivity index (χ0n) is 13.9. The van der Waals surface area contributed by atoms with E-state index in [1.54, 1.807) is 24.3 Å². The van der Waals surface area contributed by atoms with Crippen molar-refractivity contribution >= 4 is 66.8 Å². The molecular weight excluding hydrogens is 543 g/mol. The summed E-state index contributed by atoms with van der Waals surface area (Å²) in [6.45, 7) is 0.435. The van der Waals surface area contributed by atoms with Crippen LogP contribution in [0.15, 0.2) is 53.0 Å². The average molecular weight is 557 g/mol. The maximum atomic E-state index is 12.2. The third kappa shape index (κ3) is 5.81. The van der Waals surface area contributed by atoms with Crippen LogP contribution in [-0.4, -0.2) is 28.6 Å². The van der Waals surface area contributed by atoms with Crippen molar-refractivity contribution in [2.24, 2.45) is 0 Å². The van der Waals surface area contributed by atoms with Crippen molar-refractivity contribution in [1.82, 2.24) is 15.5 Å². The van der Waals surface area contributed by atoms with Crippen molar-refractivity contribution in [3.63, 3.8) is 0 Å². The fourth-order valence-corrected chi connectivity index (χ4v) is 3.90. The molecule has 3 rings (SSSR count). The van der Waals surface area contributed by atoms with Gasteiger partial charge >= 0.3 is 0 Å². The van der Waals surface area contributed by atoms with E-state index in [0.29, 0.717) is 29.2 Å². The van der Waals surface area contributed by atoms with Crippen LogP contribution in [0.4, 0.5) is 5.13 Å². The third-order valence-corrected chi connectivity index (χ3v) is 5.55. The number of hydrogen-bond acceptors (Lipinski definition) is 5. The van der Waals surface area contributed by atoms with E-state index in [9.17, 15) is 9.59 Å². The lowest BCUT2D eigenvalue weighted by Crippen LogP contribution is -2.25. The van der Waals surface area contributed by atoms with Crippen molar-refractivity contribution in [1.29, 1.82) is 0 Å². The van der Waals surface area contributed by atoms with Crippen molar-refractivity contribution in [3.8, 4) is 0 Å². The van der Waals surface area contributed by atoms with Gasteiger partial charge < -0.3 is 5.32 Å². The van der Waals surface area contributed by atoms with Crippen LogP contribution < -0.4 is 10.6 Å². The largest absolute Gasteiger partial charge is 0.352 e. The van der Waals surface area contributed by atoms with Gasteiger partial charge in [0, 0.05) is 32.1 Å². The Kier molecular flexibility index (Phi) is 6.91. The minimum atomic E-state index is -0.223. The first-order valence-electron chi connectivity index (χ1n) is 7.94. The molecule has 0 spiro atoms. The van der Waals surface area contributed by atoms with E-state index in [2.05, 4.69) is 59.4 Å². The molecule has 1 heterocycles. The van der Waals surface area contributed by atoms with E-state index in [1.807, 2.05) is 24.3 Å². The van der Waals surface area contributed by atoms with Gasteiger partial charge in [0.1, 0.15) is 5.01 Å². The number of carbonyl (C=O) groups is 2. The van der Waals surface area contributed by atoms with E-state index >= 15 is 0 Å². The van der Waals surface area contributed by atoms with Crippen LogP contribution in [0.1, 0.15) is 25.7 Å².